The molecular weight excluding hydrogens is 324 g/mol. The smallest absolute Gasteiger partial charge is 0.329 e. The van der Waals surface area contributed by atoms with E-state index in [1.807, 2.05) is 6.92 Å². The second-order valence-corrected chi connectivity index (χ2v) is 6.50. The van der Waals surface area contributed by atoms with Crippen LogP contribution in [-0.4, -0.2) is 47.3 Å². The average Bonchev–Trinajstić information content (AvgIpc) is 3.41. The predicted octanol–water partition coefficient (Wildman–Crippen LogP) is 1.13. The Hall–Kier alpha value is -2.70. The number of nitrogens with zero attached hydrogens (tertiary/aromatic N) is 1. The zero-order valence-electron chi connectivity index (χ0n) is 14.2. The Bertz CT molecular complexity index is 706. The maximum absolute atomic E-state index is 12.3. The van der Waals surface area contributed by atoms with Gasteiger partial charge in [-0.25, -0.2) is 4.79 Å². The van der Waals surface area contributed by atoms with Gasteiger partial charge in [0.15, 0.2) is 6.61 Å². The number of benzene rings is 1. The molecule has 1 fully saturated rings. The minimum atomic E-state index is -1.10. The summed E-state index contributed by atoms with van der Waals surface area (Å²) in [6.45, 7) is 2.90. The van der Waals surface area contributed by atoms with Crippen molar-refractivity contribution in [3.05, 3.63) is 35.4 Å². The monoisotopic (exact) mass is 344 g/mol. The third-order valence-electron chi connectivity index (χ3n) is 4.62. The number of carbonyl (C=O) groups is 4. The third-order valence-corrected chi connectivity index (χ3v) is 4.62. The summed E-state index contributed by atoms with van der Waals surface area (Å²) in [4.78, 5) is 49.5. The first-order valence-electron chi connectivity index (χ1n) is 8.33. The van der Waals surface area contributed by atoms with E-state index in [0.717, 1.165) is 17.7 Å². The van der Waals surface area contributed by atoms with E-state index >= 15 is 0 Å². The van der Waals surface area contributed by atoms with Gasteiger partial charge in [0.1, 0.15) is 6.04 Å². The van der Waals surface area contributed by atoms with Gasteiger partial charge in [0.05, 0.1) is 11.1 Å². The number of nitrogens with one attached hydrogen (secondary N) is 1. The van der Waals surface area contributed by atoms with Gasteiger partial charge in [-0.05, 0) is 44.7 Å². The van der Waals surface area contributed by atoms with Crippen LogP contribution >= 0.6 is 0 Å². The fourth-order valence-corrected chi connectivity index (χ4v) is 2.93. The lowest BCUT2D eigenvalue weighted by molar-refractivity contribution is -0.152. The van der Waals surface area contributed by atoms with Crippen molar-refractivity contribution in [2.75, 3.05) is 6.61 Å². The number of imide groups is 1. The first kappa shape index (κ1) is 17.1. The minimum absolute atomic E-state index is 0.0554. The van der Waals surface area contributed by atoms with Gasteiger partial charge in [0, 0.05) is 6.04 Å². The molecule has 0 saturated heterocycles. The molecule has 2 aliphatic rings. The number of rotatable bonds is 6. The summed E-state index contributed by atoms with van der Waals surface area (Å²) in [6.07, 6.45) is 2.19. The maximum atomic E-state index is 12.3. The summed E-state index contributed by atoms with van der Waals surface area (Å²) in [7, 11) is 0. The number of fused-ring (bicyclic) bond motifs is 1. The minimum Gasteiger partial charge on any atom is -0.454 e. The molecule has 1 aliphatic heterocycles. The van der Waals surface area contributed by atoms with Gasteiger partial charge in [0.2, 0.25) is 0 Å². The second-order valence-electron chi connectivity index (χ2n) is 6.50. The fraction of sp³-hybridized carbons (Fsp3) is 0.444. The van der Waals surface area contributed by atoms with Gasteiger partial charge in [0.25, 0.3) is 17.7 Å². The Morgan fingerprint density at radius 1 is 1.16 bits per heavy atom. The summed E-state index contributed by atoms with van der Waals surface area (Å²) in [5.41, 5.74) is 0.534. The van der Waals surface area contributed by atoms with Gasteiger partial charge in [-0.15, -0.1) is 0 Å². The first-order valence-corrected chi connectivity index (χ1v) is 8.33. The van der Waals surface area contributed by atoms with Crippen molar-refractivity contribution in [1.82, 2.24) is 10.2 Å². The lowest BCUT2D eigenvalue weighted by Crippen LogP contribution is -2.45. The van der Waals surface area contributed by atoms with Crippen LogP contribution in [0.5, 0.6) is 0 Å². The van der Waals surface area contributed by atoms with E-state index in [9.17, 15) is 19.2 Å². The zero-order chi connectivity index (χ0) is 18.1. The molecule has 1 aromatic carbocycles. The van der Waals surface area contributed by atoms with Gasteiger partial charge >= 0.3 is 5.97 Å². The topological polar surface area (TPSA) is 92.8 Å². The van der Waals surface area contributed by atoms with E-state index in [-0.39, 0.29) is 23.1 Å². The lowest BCUT2D eigenvalue weighted by atomic mass is 10.1. The molecule has 25 heavy (non-hydrogen) atoms. The number of carbonyl (C=O) groups excluding carboxylic acids is 4. The van der Waals surface area contributed by atoms with Crippen molar-refractivity contribution in [3.63, 3.8) is 0 Å². The molecule has 2 atom stereocenters. The molecule has 1 aliphatic carbocycles. The maximum Gasteiger partial charge on any atom is 0.329 e. The van der Waals surface area contributed by atoms with Crippen LogP contribution in [0, 0.1) is 5.92 Å². The highest BCUT2D eigenvalue weighted by Gasteiger charge is 2.41. The molecule has 0 aromatic heterocycles. The highest BCUT2D eigenvalue weighted by Crippen LogP contribution is 2.32. The van der Waals surface area contributed by atoms with Crippen LogP contribution in [0.1, 0.15) is 47.4 Å². The fourth-order valence-electron chi connectivity index (χ4n) is 2.93. The largest absolute Gasteiger partial charge is 0.454 e. The first-order chi connectivity index (χ1) is 11.9. The van der Waals surface area contributed by atoms with Gasteiger partial charge < -0.3 is 10.1 Å². The van der Waals surface area contributed by atoms with E-state index in [4.69, 9.17) is 4.74 Å². The molecular formula is C18H20N2O5. The van der Waals surface area contributed by atoms with Crippen molar-refractivity contribution in [2.45, 2.75) is 38.8 Å². The summed E-state index contributed by atoms with van der Waals surface area (Å²) in [5.74, 6) is -1.74. The number of hydrogen-bond donors (Lipinski definition) is 1. The summed E-state index contributed by atoms with van der Waals surface area (Å²) < 4.78 is 4.98. The molecule has 1 aromatic rings. The molecule has 7 heteroatoms. The molecule has 1 N–H and O–H groups in total. The van der Waals surface area contributed by atoms with E-state index in [0.29, 0.717) is 5.92 Å². The molecule has 3 rings (SSSR count). The van der Waals surface area contributed by atoms with Crippen molar-refractivity contribution >= 4 is 23.7 Å². The normalized spacial score (nSPS) is 18.6. The highest BCUT2D eigenvalue weighted by atomic mass is 16.5. The Morgan fingerprint density at radius 3 is 2.24 bits per heavy atom. The van der Waals surface area contributed by atoms with E-state index in [1.54, 1.807) is 24.3 Å². The molecule has 7 nitrogen and oxygen atoms in total. The summed E-state index contributed by atoms with van der Waals surface area (Å²) in [6, 6.07) is 5.35. The zero-order valence-corrected chi connectivity index (χ0v) is 14.2. The molecule has 0 unspecified atom stereocenters. The molecule has 1 saturated carbocycles. The number of hydrogen-bond acceptors (Lipinski definition) is 5. The summed E-state index contributed by atoms with van der Waals surface area (Å²) >= 11 is 0. The van der Waals surface area contributed by atoms with Crippen molar-refractivity contribution < 1.29 is 23.9 Å². The highest BCUT2D eigenvalue weighted by molar-refractivity contribution is 6.22. The molecule has 0 bridgehead atoms. The van der Waals surface area contributed by atoms with Crippen LogP contribution < -0.4 is 5.32 Å². The molecule has 132 valence electrons. The van der Waals surface area contributed by atoms with Crippen molar-refractivity contribution in [2.24, 2.45) is 5.92 Å². The number of ether oxygens (including phenoxy) is 1. The average molecular weight is 344 g/mol. The predicted molar refractivity (Wildman–Crippen MR) is 87.7 cm³/mol. The van der Waals surface area contributed by atoms with Crippen LogP contribution in [0.3, 0.4) is 0 Å². The lowest BCUT2D eigenvalue weighted by Gasteiger charge is -2.21. The van der Waals surface area contributed by atoms with Crippen LogP contribution in [0.25, 0.3) is 0 Å². The van der Waals surface area contributed by atoms with E-state index in [2.05, 4.69) is 5.32 Å². The Balaban J connectivity index is 1.57. The third kappa shape index (κ3) is 3.40. The Morgan fingerprint density at radius 2 is 1.72 bits per heavy atom. The Kier molecular flexibility index (Phi) is 4.57. The van der Waals surface area contributed by atoms with Gasteiger partial charge in [-0.1, -0.05) is 12.1 Å². The van der Waals surface area contributed by atoms with E-state index in [1.165, 1.54) is 6.92 Å². The molecule has 3 amide bonds. The summed E-state index contributed by atoms with van der Waals surface area (Å²) in [5, 5.41) is 2.77. The van der Waals surface area contributed by atoms with Gasteiger partial charge in [-0.2, -0.15) is 0 Å². The SMILES string of the molecule is C[C@@H](NC(=O)COC(=O)[C@H](C)N1C(=O)c2ccccc2C1=O)C1CC1. The van der Waals surface area contributed by atoms with E-state index < -0.39 is 30.4 Å². The van der Waals surface area contributed by atoms with Crippen LogP contribution in [0.15, 0.2) is 24.3 Å². The quantitative estimate of drug-likeness (QED) is 0.617. The van der Waals surface area contributed by atoms with Crippen molar-refractivity contribution in [3.8, 4) is 0 Å². The molecule has 0 radical (unpaired) electrons. The second kappa shape index (κ2) is 6.66. The van der Waals surface area contributed by atoms with Gasteiger partial charge in [-0.3, -0.25) is 19.3 Å². The molecule has 0 spiro atoms. The standard InChI is InChI=1S/C18H20N2O5/c1-10(12-7-8-12)19-15(21)9-25-18(24)11(2)20-16(22)13-5-3-4-6-14(13)17(20)23/h3-6,10-12H,7-9H2,1-2H3,(H,19,21)/t10-,11+/m1/s1. The Labute approximate surface area is 145 Å². The van der Waals surface area contributed by atoms with Crippen molar-refractivity contribution in [1.29, 1.82) is 0 Å². The number of amides is 3. The van der Waals surface area contributed by atoms with Crippen LogP contribution in [-0.2, 0) is 14.3 Å². The van der Waals surface area contributed by atoms with Crippen LogP contribution in [0.2, 0.25) is 0 Å². The van der Waals surface area contributed by atoms with Crippen LogP contribution in [0.4, 0.5) is 0 Å². The molecule has 1 heterocycles. The number of esters is 1.